The molecule has 0 radical (unpaired) electrons. The quantitative estimate of drug-likeness (QED) is 0.798. The number of nitrogens with zero attached hydrogens (tertiary/aromatic N) is 3. The largest absolute Gasteiger partial charge is 0.333 e. The third kappa shape index (κ3) is 2.82. The van der Waals surface area contributed by atoms with Gasteiger partial charge in [-0.1, -0.05) is 0 Å². The number of pyridine rings is 1. The van der Waals surface area contributed by atoms with Crippen molar-refractivity contribution in [3.63, 3.8) is 0 Å². The second-order valence-corrected chi connectivity index (χ2v) is 8.31. The van der Waals surface area contributed by atoms with E-state index in [1.165, 1.54) is 12.1 Å². The molecule has 0 saturated carbocycles. The van der Waals surface area contributed by atoms with Gasteiger partial charge in [0, 0.05) is 36.5 Å². The van der Waals surface area contributed by atoms with Gasteiger partial charge in [0.15, 0.2) is 0 Å². The van der Waals surface area contributed by atoms with Gasteiger partial charge < -0.3 is 4.90 Å². The Kier molecular flexibility index (Phi) is 4.19. The summed E-state index contributed by atoms with van der Waals surface area (Å²) in [5, 5.41) is 0. The Labute approximate surface area is 163 Å². The Bertz CT molecular complexity index is 888. The van der Waals surface area contributed by atoms with E-state index in [2.05, 4.69) is 9.88 Å². The van der Waals surface area contributed by atoms with Gasteiger partial charge in [-0.2, -0.15) is 0 Å². The Balaban J connectivity index is 1.53. The molecular weight excluding hydrogens is 360 g/mol. The molecule has 0 spiro atoms. The fourth-order valence-corrected chi connectivity index (χ4v) is 5.50. The molecule has 1 aromatic heterocycles. The van der Waals surface area contributed by atoms with Gasteiger partial charge in [0.2, 0.25) is 0 Å². The highest BCUT2D eigenvalue weighted by Gasteiger charge is 2.54. The van der Waals surface area contributed by atoms with Gasteiger partial charge in [-0.3, -0.25) is 14.7 Å². The van der Waals surface area contributed by atoms with Crippen molar-refractivity contribution in [2.75, 3.05) is 19.6 Å². The van der Waals surface area contributed by atoms with Gasteiger partial charge in [-0.15, -0.1) is 0 Å². The number of hydrogen-bond acceptors (Lipinski definition) is 3. The van der Waals surface area contributed by atoms with Crippen molar-refractivity contribution < 1.29 is 13.6 Å². The van der Waals surface area contributed by atoms with Gasteiger partial charge in [-0.25, -0.2) is 8.78 Å². The van der Waals surface area contributed by atoms with E-state index < -0.39 is 11.6 Å². The lowest BCUT2D eigenvalue weighted by Gasteiger charge is -2.51. The third-order valence-corrected chi connectivity index (χ3v) is 6.73. The lowest BCUT2D eigenvalue weighted by atomic mass is 9.75. The molecule has 28 heavy (non-hydrogen) atoms. The van der Waals surface area contributed by atoms with Crippen LogP contribution in [0.1, 0.15) is 40.4 Å². The molecule has 2 bridgehead atoms. The van der Waals surface area contributed by atoms with Crippen molar-refractivity contribution in [2.45, 2.75) is 37.8 Å². The smallest absolute Gasteiger partial charge is 0.255 e. The first-order chi connectivity index (χ1) is 13.5. The molecule has 6 heteroatoms. The van der Waals surface area contributed by atoms with Crippen molar-refractivity contribution in [1.29, 1.82) is 0 Å². The molecule has 1 amide bonds. The number of likely N-dealkylation sites (tertiary alicyclic amines) is 1. The van der Waals surface area contributed by atoms with Crippen LogP contribution in [-0.4, -0.2) is 52.4 Å². The van der Waals surface area contributed by atoms with Crippen LogP contribution >= 0.6 is 0 Å². The summed E-state index contributed by atoms with van der Waals surface area (Å²) in [4.78, 5) is 21.9. The van der Waals surface area contributed by atoms with E-state index in [9.17, 15) is 13.6 Å². The first-order valence-electron chi connectivity index (χ1n) is 9.95. The summed E-state index contributed by atoms with van der Waals surface area (Å²) >= 11 is 0. The van der Waals surface area contributed by atoms with E-state index >= 15 is 0 Å². The van der Waals surface area contributed by atoms with Crippen molar-refractivity contribution in [1.82, 2.24) is 14.8 Å². The van der Waals surface area contributed by atoms with Crippen LogP contribution in [0, 0.1) is 24.5 Å². The topological polar surface area (TPSA) is 36.4 Å². The summed E-state index contributed by atoms with van der Waals surface area (Å²) < 4.78 is 27.8. The molecule has 4 saturated heterocycles. The maximum Gasteiger partial charge on any atom is 0.255 e. The minimum absolute atomic E-state index is 0.0318. The fraction of sp³-hybridized carbons (Fsp3) is 0.455. The van der Waals surface area contributed by atoms with Crippen molar-refractivity contribution >= 4 is 5.91 Å². The van der Waals surface area contributed by atoms with Crippen LogP contribution in [0.25, 0.3) is 0 Å². The molecule has 0 N–H and O–H groups in total. The molecular formula is C22H23F2N3O. The summed E-state index contributed by atoms with van der Waals surface area (Å²) in [6, 6.07) is 7.63. The number of piperidine rings is 3. The SMILES string of the molecule is Cc1ccc(C(=O)N2C[C@@H](c3cc(F)cc(F)c3)[C@@H]3[C@H]2C2CCN3CC2)cn1. The lowest BCUT2D eigenvalue weighted by molar-refractivity contribution is -0.00344. The number of halogens is 2. The Morgan fingerprint density at radius 1 is 1.07 bits per heavy atom. The predicted molar refractivity (Wildman–Crippen MR) is 101 cm³/mol. The number of aromatic nitrogens is 1. The summed E-state index contributed by atoms with van der Waals surface area (Å²) in [5.74, 6) is -0.790. The number of hydrogen-bond donors (Lipinski definition) is 0. The second kappa shape index (κ2) is 6.62. The lowest BCUT2D eigenvalue weighted by Crippen LogP contribution is -2.60. The first-order valence-corrected chi connectivity index (χ1v) is 9.95. The Morgan fingerprint density at radius 3 is 2.43 bits per heavy atom. The number of carbonyl (C=O) groups is 1. The average Bonchev–Trinajstić information content (AvgIpc) is 3.11. The minimum Gasteiger partial charge on any atom is -0.333 e. The highest BCUT2D eigenvalue weighted by molar-refractivity contribution is 5.94. The standard InChI is InChI=1S/C22H23F2N3O/c1-13-2-3-15(11-25-13)22(28)27-12-19(16-8-17(23)10-18(24)9-16)21-20(27)14-4-6-26(21)7-5-14/h2-3,8-11,14,19-21H,4-7,12H2,1H3/t19-,20+,21+/m0/s1. The molecule has 0 unspecified atom stereocenters. The maximum absolute atomic E-state index is 13.9. The zero-order valence-corrected chi connectivity index (χ0v) is 15.8. The number of rotatable bonds is 2. The molecule has 146 valence electrons. The monoisotopic (exact) mass is 383 g/mol. The van der Waals surface area contributed by atoms with Crippen molar-refractivity contribution in [2.24, 2.45) is 5.92 Å². The van der Waals surface area contributed by atoms with Crippen LogP contribution in [0.3, 0.4) is 0 Å². The highest BCUT2D eigenvalue weighted by atomic mass is 19.1. The molecule has 2 aromatic rings. The molecule has 5 heterocycles. The molecule has 3 atom stereocenters. The maximum atomic E-state index is 13.9. The molecule has 6 rings (SSSR count). The third-order valence-electron chi connectivity index (χ3n) is 6.73. The van der Waals surface area contributed by atoms with E-state index in [0.717, 1.165) is 37.7 Å². The molecule has 4 fully saturated rings. The van der Waals surface area contributed by atoms with E-state index in [1.54, 1.807) is 6.20 Å². The predicted octanol–water partition coefficient (Wildman–Crippen LogP) is 3.37. The Hall–Kier alpha value is -2.34. The van der Waals surface area contributed by atoms with Crippen LogP contribution < -0.4 is 0 Å². The summed E-state index contributed by atoms with van der Waals surface area (Å²) in [6.07, 6.45) is 3.77. The van der Waals surface area contributed by atoms with E-state index in [0.29, 0.717) is 23.6 Å². The average molecular weight is 383 g/mol. The van der Waals surface area contributed by atoms with Gasteiger partial charge in [0.1, 0.15) is 11.6 Å². The second-order valence-electron chi connectivity index (χ2n) is 8.31. The van der Waals surface area contributed by atoms with Crippen LogP contribution in [-0.2, 0) is 0 Å². The number of carbonyl (C=O) groups excluding carboxylic acids is 1. The van der Waals surface area contributed by atoms with Gasteiger partial charge in [0.25, 0.3) is 5.91 Å². The van der Waals surface area contributed by atoms with Crippen LogP contribution in [0.5, 0.6) is 0 Å². The zero-order valence-electron chi connectivity index (χ0n) is 15.8. The summed E-state index contributed by atoms with van der Waals surface area (Å²) in [5.41, 5.74) is 2.09. The number of fused-ring (bicyclic) bond motifs is 2. The normalized spacial score (nSPS) is 31.1. The molecule has 4 nitrogen and oxygen atoms in total. The van der Waals surface area contributed by atoms with Crippen molar-refractivity contribution in [3.05, 3.63) is 65.0 Å². The molecule has 4 aliphatic heterocycles. The Morgan fingerprint density at radius 2 is 1.79 bits per heavy atom. The molecule has 1 aromatic carbocycles. The van der Waals surface area contributed by atoms with E-state index in [-0.39, 0.29) is 23.9 Å². The summed E-state index contributed by atoms with van der Waals surface area (Å²) in [7, 11) is 0. The number of amides is 1. The van der Waals surface area contributed by atoms with Gasteiger partial charge in [-0.05, 0) is 68.6 Å². The van der Waals surface area contributed by atoms with E-state index in [1.807, 2.05) is 24.0 Å². The zero-order chi connectivity index (χ0) is 19.4. The van der Waals surface area contributed by atoms with Gasteiger partial charge in [0.05, 0.1) is 11.6 Å². The van der Waals surface area contributed by atoms with Crippen molar-refractivity contribution in [3.8, 4) is 0 Å². The fourth-order valence-electron chi connectivity index (χ4n) is 5.50. The summed E-state index contributed by atoms with van der Waals surface area (Å²) in [6.45, 7) is 4.36. The van der Waals surface area contributed by atoms with E-state index in [4.69, 9.17) is 0 Å². The first kappa shape index (κ1) is 17.7. The number of benzene rings is 1. The van der Waals surface area contributed by atoms with Crippen LogP contribution in [0.15, 0.2) is 36.5 Å². The highest BCUT2D eigenvalue weighted by Crippen LogP contribution is 2.47. The molecule has 4 aliphatic rings. The van der Waals surface area contributed by atoms with Crippen LogP contribution in [0.2, 0.25) is 0 Å². The minimum atomic E-state index is -0.560. The van der Waals surface area contributed by atoms with Crippen LogP contribution in [0.4, 0.5) is 8.78 Å². The molecule has 0 aliphatic carbocycles. The number of aryl methyl sites for hydroxylation is 1. The van der Waals surface area contributed by atoms with Gasteiger partial charge >= 0.3 is 0 Å².